The highest BCUT2D eigenvalue weighted by atomic mass is 16.4. The van der Waals surface area contributed by atoms with Gasteiger partial charge in [0.25, 0.3) is 0 Å². The molecule has 1 aliphatic rings. The summed E-state index contributed by atoms with van der Waals surface area (Å²) in [5.41, 5.74) is 2.78. The van der Waals surface area contributed by atoms with Crippen LogP contribution in [-0.4, -0.2) is 11.1 Å². The molecule has 0 unspecified atom stereocenters. The largest absolute Gasteiger partial charge is 0.481 e. The van der Waals surface area contributed by atoms with Gasteiger partial charge in [-0.1, -0.05) is 24.3 Å². The van der Waals surface area contributed by atoms with Crippen molar-refractivity contribution in [3.63, 3.8) is 0 Å². The average Bonchev–Trinajstić information content (AvgIpc) is 2.33. The fourth-order valence-corrected chi connectivity index (χ4v) is 2.76. The summed E-state index contributed by atoms with van der Waals surface area (Å²) in [4.78, 5) is 10.9. The van der Waals surface area contributed by atoms with Crippen LogP contribution in [0, 0.1) is 18.8 Å². The van der Waals surface area contributed by atoms with Crippen LogP contribution in [0.2, 0.25) is 0 Å². The topological polar surface area (TPSA) is 37.3 Å². The van der Waals surface area contributed by atoms with Gasteiger partial charge in [0.1, 0.15) is 0 Å². The molecule has 1 saturated carbocycles. The second-order valence-electron chi connectivity index (χ2n) is 5.19. The molecule has 1 N–H and O–H groups in total. The third kappa shape index (κ3) is 3.09. The van der Waals surface area contributed by atoms with Gasteiger partial charge in [0.15, 0.2) is 0 Å². The molecular weight excluding hydrogens is 212 g/mol. The fourth-order valence-electron chi connectivity index (χ4n) is 2.76. The molecule has 1 aromatic rings. The maximum absolute atomic E-state index is 10.9. The van der Waals surface area contributed by atoms with Gasteiger partial charge in [-0.05, 0) is 56.1 Å². The first-order valence-corrected chi connectivity index (χ1v) is 6.44. The molecule has 0 amide bonds. The molecule has 0 bridgehead atoms. The Bertz CT molecular complexity index is 390. The zero-order chi connectivity index (χ0) is 12.3. The number of carbonyl (C=O) groups is 1. The molecule has 0 heterocycles. The summed E-state index contributed by atoms with van der Waals surface area (Å²) in [6.07, 6.45) is 4.94. The minimum atomic E-state index is -0.612. The van der Waals surface area contributed by atoms with Gasteiger partial charge in [-0.25, -0.2) is 0 Å². The number of benzene rings is 1. The molecule has 0 aromatic heterocycles. The molecule has 2 nitrogen and oxygen atoms in total. The molecule has 92 valence electrons. The van der Waals surface area contributed by atoms with Crippen molar-refractivity contribution < 1.29 is 9.90 Å². The minimum absolute atomic E-state index is 0.0943. The van der Waals surface area contributed by atoms with Crippen LogP contribution >= 0.6 is 0 Å². The van der Waals surface area contributed by atoms with E-state index >= 15 is 0 Å². The second kappa shape index (κ2) is 5.35. The highest BCUT2D eigenvalue weighted by Gasteiger charge is 2.25. The quantitative estimate of drug-likeness (QED) is 0.867. The highest BCUT2D eigenvalue weighted by molar-refractivity contribution is 5.69. The van der Waals surface area contributed by atoms with Crippen LogP contribution in [0.15, 0.2) is 24.3 Å². The first-order valence-electron chi connectivity index (χ1n) is 6.44. The predicted octanol–water partition coefficient (Wildman–Crippen LogP) is 3.43. The lowest BCUT2D eigenvalue weighted by molar-refractivity contribution is -0.143. The summed E-state index contributed by atoms with van der Waals surface area (Å²) < 4.78 is 0. The number of carboxylic acid groups (broad SMARTS) is 1. The molecule has 2 heteroatoms. The molecule has 17 heavy (non-hydrogen) atoms. The van der Waals surface area contributed by atoms with E-state index in [1.54, 1.807) is 0 Å². The zero-order valence-electron chi connectivity index (χ0n) is 10.4. The van der Waals surface area contributed by atoms with Crippen molar-refractivity contribution in [1.82, 2.24) is 0 Å². The molecule has 0 radical (unpaired) electrons. The number of rotatable bonds is 3. The van der Waals surface area contributed by atoms with E-state index in [-0.39, 0.29) is 5.92 Å². The first-order chi connectivity index (χ1) is 8.16. The first kappa shape index (κ1) is 12.2. The van der Waals surface area contributed by atoms with Crippen molar-refractivity contribution in [3.8, 4) is 0 Å². The SMILES string of the molecule is Cc1ccccc1CC1CCC(C(=O)O)CC1. The Kier molecular flexibility index (Phi) is 3.82. The third-order valence-corrected chi connectivity index (χ3v) is 3.97. The van der Waals surface area contributed by atoms with Gasteiger partial charge in [-0.15, -0.1) is 0 Å². The van der Waals surface area contributed by atoms with E-state index in [1.165, 1.54) is 11.1 Å². The van der Waals surface area contributed by atoms with E-state index in [0.29, 0.717) is 5.92 Å². The summed E-state index contributed by atoms with van der Waals surface area (Å²) in [5.74, 6) is -0.0332. The van der Waals surface area contributed by atoms with Gasteiger partial charge in [0.2, 0.25) is 0 Å². The summed E-state index contributed by atoms with van der Waals surface area (Å²) in [6, 6.07) is 8.50. The van der Waals surface area contributed by atoms with Crippen molar-refractivity contribution >= 4 is 5.97 Å². The van der Waals surface area contributed by atoms with Crippen LogP contribution in [0.3, 0.4) is 0 Å². The third-order valence-electron chi connectivity index (χ3n) is 3.97. The summed E-state index contributed by atoms with van der Waals surface area (Å²) in [7, 11) is 0. The Morgan fingerprint density at radius 2 is 1.88 bits per heavy atom. The van der Waals surface area contributed by atoms with E-state index in [9.17, 15) is 4.79 Å². The van der Waals surface area contributed by atoms with Crippen LogP contribution < -0.4 is 0 Å². The fraction of sp³-hybridized carbons (Fsp3) is 0.533. The van der Waals surface area contributed by atoms with Crippen molar-refractivity contribution in [2.75, 3.05) is 0 Å². The molecule has 0 atom stereocenters. The van der Waals surface area contributed by atoms with Crippen molar-refractivity contribution in [3.05, 3.63) is 35.4 Å². The second-order valence-corrected chi connectivity index (χ2v) is 5.19. The minimum Gasteiger partial charge on any atom is -0.481 e. The molecule has 1 fully saturated rings. The number of hydrogen-bond donors (Lipinski definition) is 1. The van der Waals surface area contributed by atoms with E-state index in [1.807, 2.05) is 0 Å². The van der Waals surface area contributed by atoms with Crippen LogP contribution in [-0.2, 0) is 11.2 Å². The molecular formula is C15H20O2. The number of aryl methyl sites for hydroxylation is 1. The van der Waals surface area contributed by atoms with Crippen LogP contribution in [0.5, 0.6) is 0 Å². The van der Waals surface area contributed by atoms with E-state index in [2.05, 4.69) is 31.2 Å². The standard InChI is InChI=1S/C15H20O2/c1-11-4-2-3-5-14(11)10-12-6-8-13(9-7-12)15(16)17/h2-5,12-13H,6-10H2,1H3,(H,16,17). The maximum Gasteiger partial charge on any atom is 0.306 e. The average molecular weight is 232 g/mol. The van der Waals surface area contributed by atoms with Gasteiger partial charge in [-0.3, -0.25) is 4.79 Å². The van der Waals surface area contributed by atoms with Crippen LogP contribution in [0.1, 0.15) is 36.8 Å². The smallest absolute Gasteiger partial charge is 0.306 e. The molecule has 0 saturated heterocycles. The van der Waals surface area contributed by atoms with Gasteiger partial charge in [-0.2, -0.15) is 0 Å². The highest BCUT2D eigenvalue weighted by Crippen LogP contribution is 2.31. The monoisotopic (exact) mass is 232 g/mol. The van der Waals surface area contributed by atoms with E-state index < -0.39 is 5.97 Å². The number of hydrogen-bond acceptors (Lipinski definition) is 1. The molecule has 0 aliphatic heterocycles. The number of aliphatic carboxylic acids is 1. The molecule has 0 spiro atoms. The van der Waals surface area contributed by atoms with Gasteiger partial charge < -0.3 is 5.11 Å². The summed E-state index contributed by atoms with van der Waals surface area (Å²) in [6.45, 7) is 2.15. The Morgan fingerprint density at radius 3 is 2.47 bits per heavy atom. The Labute approximate surface area is 103 Å². The maximum atomic E-state index is 10.9. The Morgan fingerprint density at radius 1 is 1.24 bits per heavy atom. The molecule has 1 aromatic carbocycles. The molecule has 1 aliphatic carbocycles. The lowest BCUT2D eigenvalue weighted by Gasteiger charge is -2.26. The molecule has 2 rings (SSSR count). The van der Waals surface area contributed by atoms with Crippen molar-refractivity contribution in [1.29, 1.82) is 0 Å². The van der Waals surface area contributed by atoms with Gasteiger partial charge in [0.05, 0.1) is 5.92 Å². The summed E-state index contributed by atoms with van der Waals surface area (Å²) in [5, 5.41) is 8.96. The van der Waals surface area contributed by atoms with Gasteiger partial charge >= 0.3 is 5.97 Å². The van der Waals surface area contributed by atoms with E-state index in [0.717, 1.165) is 32.1 Å². The normalized spacial score (nSPS) is 24.5. The van der Waals surface area contributed by atoms with Crippen LogP contribution in [0.4, 0.5) is 0 Å². The van der Waals surface area contributed by atoms with Crippen molar-refractivity contribution in [2.24, 2.45) is 11.8 Å². The zero-order valence-corrected chi connectivity index (χ0v) is 10.4. The van der Waals surface area contributed by atoms with Gasteiger partial charge in [0, 0.05) is 0 Å². The lowest BCUT2D eigenvalue weighted by Crippen LogP contribution is -2.22. The predicted molar refractivity (Wildman–Crippen MR) is 68.0 cm³/mol. The van der Waals surface area contributed by atoms with Crippen molar-refractivity contribution in [2.45, 2.75) is 39.0 Å². The van der Waals surface area contributed by atoms with Crippen LogP contribution in [0.25, 0.3) is 0 Å². The summed E-state index contributed by atoms with van der Waals surface area (Å²) >= 11 is 0. The Balaban J connectivity index is 1.90. The number of carboxylic acids is 1. The lowest BCUT2D eigenvalue weighted by atomic mass is 9.79. The van der Waals surface area contributed by atoms with E-state index in [4.69, 9.17) is 5.11 Å². The Hall–Kier alpha value is -1.31.